The normalized spacial score (nSPS) is 14.6. The number of halogens is 6. The smallest absolute Gasteiger partial charge is 0.385 e. The fourth-order valence-corrected chi connectivity index (χ4v) is 3.88. The number of aryl methyl sites for hydroxylation is 1. The zero-order valence-corrected chi connectivity index (χ0v) is 17.6. The first-order valence-electron chi connectivity index (χ1n) is 10.4. The number of aromatic nitrogens is 1. The van der Waals surface area contributed by atoms with Crippen LogP contribution in [0.3, 0.4) is 0 Å². The third-order valence-electron chi connectivity index (χ3n) is 5.57. The van der Waals surface area contributed by atoms with Gasteiger partial charge in [-0.1, -0.05) is 18.2 Å². The number of nitrogens with zero attached hydrogens (tertiary/aromatic N) is 1. The molecule has 1 unspecified atom stereocenters. The van der Waals surface area contributed by atoms with E-state index in [1.54, 1.807) is 18.2 Å². The van der Waals surface area contributed by atoms with Crippen molar-refractivity contribution in [2.75, 3.05) is 11.9 Å². The van der Waals surface area contributed by atoms with E-state index in [1.165, 1.54) is 0 Å². The Hall–Kier alpha value is -3.56. The van der Waals surface area contributed by atoms with Crippen LogP contribution in [0.4, 0.5) is 32.0 Å². The Morgan fingerprint density at radius 3 is 2.38 bits per heavy atom. The van der Waals surface area contributed by atoms with Gasteiger partial charge in [-0.25, -0.2) is 0 Å². The summed E-state index contributed by atoms with van der Waals surface area (Å²) in [4.78, 5) is 16.9. The van der Waals surface area contributed by atoms with Gasteiger partial charge in [0.15, 0.2) is 0 Å². The van der Waals surface area contributed by atoms with E-state index >= 15 is 0 Å². The molecule has 34 heavy (non-hydrogen) atoms. The average Bonchev–Trinajstić information content (AvgIpc) is 2.81. The van der Waals surface area contributed by atoms with Gasteiger partial charge < -0.3 is 10.6 Å². The molecule has 2 heterocycles. The van der Waals surface area contributed by atoms with Crippen LogP contribution in [0, 0.1) is 0 Å². The Morgan fingerprint density at radius 2 is 1.71 bits per heavy atom. The van der Waals surface area contributed by atoms with Crippen molar-refractivity contribution in [3.8, 4) is 0 Å². The molecule has 0 fully saturated rings. The number of anilines is 1. The number of amides is 1. The average molecular weight is 479 g/mol. The van der Waals surface area contributed by atoms with Gasteiger partial charge in [0.25, 0.3) is 5.91 Å². The van der Waals surface area contributed by atoms with Gasteiger partial charge in [-0.2, -0.15) is 26.3 Å². The molecule has 178 valence electrons. The Labute approximate surface area is 191 Å². The monoisotopic (exact) mass is 479 g/mol. The first-order chi connectivity index (χ1) is 16.0. The van der Waals surface area contributed by atoms with E-state index in [0.29, 0.717) is 0 Å². The van der Waals surface area contributed by atoms with Gasteiger partial charge in [-0.05, 0) is 60.4 Å². The number of hydrogen-bond acceptors (Lipinski definition) is 3. The molecule has 0 saturated heterocycles. The van der Waals surface area contributed by atoms with Crippen molar-refractivity contribution in [3.05, 3.63) is 94.3 Å². The van der Waals surface area contributed by atoms with Crippen molar-refractivity contribution in [2.45, 2.75) is 31.2 Å². The van der Waals surface area contributed by atoms with Crippen LogP contribution >= 0.6 is 0 Å². The molecule has 4 rings (SSSR count). The molecule has 0 saturated carbocycles. The Bertz CT molecular complexity index is 1190. The van der Waals surface area contributed by atoms with Crippen LogP contribution in [0.15, 0.2) is 60.8 Å². The zero-order valence-electron chi connectivity index (χ0n) is 17.6. The second-order valence-corrected chi connectivity index (χ2v) is 7.86. The summed E-state index contributed by atoms with van der Waals surface area (Å²) in [6.45, 7) is 0.731. The van der Waals surface area contributed by atoms with Crippen LogP contribution < -0.4 is 10.6 Å². The SMILES string of the molecule is O=C(NC(c1ccc(C(F)(F)F)cc1)c1ncccc1C(F)(F)F)c1ccc2c(c1)NCCC2. The quantitative estimate of drug-likeness (QED) is 0.452. The molecular weight excluding hydrogens is 460 g/mol. The van der Waals surface area contributed by atoms with Gasteiger partial charge in [0.05, 0.1) is 22.9 Å². The van der Waals surface area contributed by atoms with Crippen molar-refractivity contribution in [3.63, 3.8) is 0 Å². The molecule has 1 atom stereocenters. The van der Waals surface area contributed by atoms with Crippen LogP contribution in [-0.4, -0.2) is 17.4 Å². The van der Waals surface area contributed by atoms with Crippen molar-refractivity contribution < 1.29 is 31.1 Å². The summed E-state index contributed by atoms with van der Waals surface area (Å²) in [6.07, 6.45) is -6.49. The maximum Gasteiger partial charge on any atom is 0.418 e. The molecule has 0 bridgehead atoms. The molecule has 0 aliphatic carbocycles. The van der Waals surface area contributed by atoms with Crippen LogP contribution in [0.25, 0.3) is 0 Å². The maximum absolute atomic E-state index is 13.7. The van der Waals surface area contributed by atoms with Gasteiger partial charge in [-0.3, -0.25) is 9.78 Å². The molecule has 4 nitrogen and oxygen atoms in total. The van der Waals surface area contributed by atoms with Gasteiger partial charge in [0.2, 0.25) is 0 Å². The number of alkyl halides is 6. The zero-order chi connectivity index (χ0) is 24.5. The van der Waals surface area contributed by atoms with Crippen molar-refractivity contribution >= 4 is 11.6 Å². The summed E-state index contributed by atoms with van der Waals surface area (Å²) in [5, 5.41) is 5.71. The summed E-state index contributed by atoms with van der Waals surface area (Å²) in [5.74, 6) is -0.682. The molecule has 10 heteroatoms. The lowest BCUT2D eigenvalue weighted by molar-refractivity contribution is -0.139. The van der Waals surface area contributed by atoms with E-state index in [-0.39, 0.29) is 11.1 Å². The number of hydrogen-bond donors (Lipinski definition) is 2. The minimum Gasteiger partial charge on any atom is -0.385 e. The van der Waals surface area contributed by atoms with Gasteiger partial charge in [0, 0.05) is 24.0 Å². The van der Waals surface area contributed by atoms with Crippen LogP contribution in [0.2, 0.25) is 0 Å². The lowest BCUT2D eigenvalue weighted by atomic mass is 9.96. The topological polar surface area (TPSA) is 54.0 Å². The van der Waals surface area contributed by atoms with Gasteiger partial charge in [0.1, 0.15) is 0 Å². The third kappa shape index (κ3) is 5.00. The first kappa shape index (κ1) is 23.6. The Morgan fingerprint density at radius 1 is 0.971 bits per heavy atom. The van der Waals surface area contributed by atoms with Crippen LogP contribution in [0.1, 0.15) is 50.8 Å². The molecule has 0 radical (unpaired) electrons. The first-order valence-corrected chi connectivity index (χ1v) is 10.4. The number of benzene rings is 2. The van der Waals surface area contributed by atoms with Crippen LogP contribution in [0.5, 0.6) is 0 Å². The lowest BCUT2D eigenvalue weighted by Gasteiger charge is -2.23. The van der Waals surface area contributed by atoms with E-state index < -0.39 is 41.1 Å². The molecule has 3 aromatic rings. The second kappa shape index (κ2) is 9.00. The molecule has 1 aliphatic rings. The van der Waals surface area contributed by atoms with Gasteiger partial charge >= 0.3 is 12.4 Å². The van der Waals surface area contributed by atoms with E-state index in [4.69, 9.17) is 0 Å². The van der Waals surface area contributed by atoms with Gasteiger partial charge in [-0.15, -0.1) is 0 Å². The van der Waals surface area contributed by atoms with E-state index in [0.717, 1.165) is 73.2 Å². The largest absolute Gasteiger partial charge is 0.418 e. The fraction of sp³-hybridized carbons (Fsp3) is 0.250. The third-order valence-corrected chi connectivity index (χ3v) is 5.57. The molecule has 1 aromatic heterocycles. The maximum atomic E-state index is 13.7. The van der Waals surface area contributed by atoms with Crippen LogP contribution in [-0.2, 0) is 18.8 Å². The summed E-state index contributed by atoms with van der Waals surface area (Å²) >= 11 is 0. The fourth-order valence-electron chi connectivity index (χ4n) is 3.88. The predicted octanol–water partition coefficient (Wildman–Crippen LogP) is 6.00. The Balaban J connectivity index is 1.74. The Kier molecular flexibility index (Phi) is 6.24. The van der Waals surface area contributed by atoms with Crippen molar-refractivity contribution in [1.29, 1.82) is 0 Å². The summed E-state index contributed by atoms with van der Waals surface area (Å²) < 4.78 is 80.0. The van der Waals surface area contributed by atoms with E-state index in [1.807, 2.05) is 0 Å². The molecule has 2 N–H and O–H groups in total. The number of carbonyl (C=O) groups is 1. The summed E-state index contributed by atoms with van der Waals surface area (Å²) in [7, 11) is 0. The minimum absolute atomic E-state index is 0.0293. The molecular formula is C24H19F6N3O. The highest BCUT2D eigenvalue weighted by molar-refractivity contribution is 5.96. The molecule has 1 aliphatic heterocycles. The second-order valence-electron chi connectivity index (χ2n) is 7.86. The highest BCUT2D eigenvalue weighted by Crippen LogP contribution is 2.37. The van der Waals surface area contributed by atoms with Crippen molar-refractivity contribution in [2.24, 2.45) is 0 Å². The van der Waals surface area contributed by atoms with E-state index in [2.05, 4.69) is 15.6 Å². The highest BCUT2D eigenvalue weighted by Gasteiger charge is 2.37. The number of pyridine rings is 1. The molecule has 0 spiro atoms. The predicted molar refractivity (Wildman–Crippen MR) is 113 cm³/mol. The summed E-state index contributed by atoms with van der Waals surface area (Å²) in [5.41, 5.74) is -0.549. The molecule has 2 aromatic carbocycles. The number of carbonyl (C=O) groups excluding carboxylic acids is 1. The lowest BCUT2D eigenvalue weighted by Crippen LogP contribution is -2.32. The standard InChI is InChI=1S/C24H19F6N3O/c25-23(26,27)17-9-7-15(8-10-17)20(21-18(24(28,29)30)4-2-12-32-21)33-22(34)16-6-5-14-3-1-11-31-19(14)13-16/h2,4-10,12-13,20,31H,1,3,11H2,(H,33,34). The van der Waals surface area contributed by atoms with Crippen molar-refractivity contribution in [1.82, 2.24) is 10.3 Å². The number of nitrogens with one attached hydrogen (secondary N) is 2. The summed E-state index contributed by atoms with van der Waals surface area (Å²) in [6, 6.07) is 9.02. The number of rotatable bonds is 4. The molecule has 1 amide bonds. The number of fused-ring (bicyclic) bond motifs is 1. The van der Waals surface area contributed by atoms with E-state index in [9.17, 15) is 31.1 Å². The highest BCUT2D eigenvalue weighted by atomic mass is 19.4. The minimum atomic E-state index is -4.78.